The zero-order chi connectivity index (χ0) is 14.6. The van der Waals surface area contributed by atoms with E-state index in [1.165, 1.54) is 18.2 Å². The maximum Gasteiger partial charge on any atom is 0.292 e. The lowest BCUT2D eigenvalue weighted by Crippen LogP contribution is -2.36. The zero-order valence-electron chi connectivity index (χ0n) is 11.1. The summed E-state index contributed by atoms with van der Waals surface area (Å²) in [5.41, 5.74) is 5.51. The standard InChI is InChI=1S/C12H17N3O3S/c1-12(2,19-3)7-14-11(16)8-4-5-9(13)10(6-8)15(17)18/h4-6H,7,13H2,1-3H3,(H,14,16). The van der Waals surface area contributed by atoms with Gasteiger partial charge in [-0.3, -0.25) is 14.9 Å². The largest absolute Gasteiger partial charge is 0.393 e. The van der Waals surface area contributed by atoms with Crippen LogP contribution in [0.5, 0.6) is 0 Å². The van der Waals surface area contributed by atoms with E-state index in [2.05, 4.69) is 5.32 Å². The summed E-state index contributed by atoms with van der Waals surface area (Å²) in [7, 11) is 0. The average Bonchev–Trinajstić information content (AvgIpc) is 2.36. The Kier molecular flexibility index (Phi) is 4.77. The minimum absolute atomic E-state index is 0.0472. The lowest BCUT2D eigenvalue weighted by molar-refractivity contribution is -0.383. The van der Waals surface area contributed by atoms with Crippen LogP contribution in [0.1, 0.15) is 24.2 Å². The van der Waals surface area contributed by atoms with E-state index in [4.69, 9.17) is 5.73 Å². The molecule has 0 aromatic heterocycles. The summed E-state index contributed by atoms with van der Waals surface area (Å²) in [4.78, 5) is 22.1. The van der Waals surface area contributed by atoms with Gasteiger partial charge in [0, 0.05) is 22.9 Å². The molecule has 0 aliphatic rings. The minimum atomic E-state index is -0.599. The van der Waals surface area contributed by atoms with Crippen molar-refractivity contribution in [3.05, 3.63) is 33.9 Å². The highest BCUT2D eigenvalue weighted by atomic mass is 32.2. The highest BCUT2D eigenvalue weighted by molar-refractivity contribution is 7.99. The third-order valence-corrected chi connectivity index (χ3v) is 3.97. The number of anilines is 1. The smallest absolute Gasteiger partial charge is 0.292 e. The van der Waals surface area contributed by atoms with Gasteiger partial charge in [-0.05, 0) is 32.2 Å². The Balaban J connectivity index is 2.84. The number of nitrogens with two attached hydrogens (primary N) is 1. The fraction of sp³-hybridized carbons (Fsp3) is 0.417. The van der Waals surface area contributed by atoms with Crippen molar-refractivity contribution in [1.29, 1.82) is 0 Å². The molecule has 0 saturated carbocycles. The van der Waals surface area contributed by atoms with E-state index >= 15 is 0 Å². The number of nitro groups is 1. The fourth-order valence-electron chi connectivity index (χ4n) is 1.31. The van der Waals surface area contributed by atoms with Crippen LogP contribution in [0.15, 0.2) is 18.2 Å². The molecule has 0 radical (unpaired) electrons. The summed E-state index contributed by atoms with van der Waals surface area (Å²) in [5.74, 6) is -0.342. The monoisotopic (exact) mass is 283 g/mol. The highest BCUT2D eigenvalue weighted by Crippen LogP contribution is 2.23. The zero-order valence-corrected chi connectivity index (χ0v) is 11.9. The molecular weight excluding hydrogens is 266 g/mol. The number of carbonyl (C=O) groups excluding carboxylic acids is 1. The molecule has 7 heteroatoms. The SMILES string of the molecule is CSC(C)(C)CNC(=O)c1ccc(N)c([N+](=O)[O-])c1. The first-order valence-electron chi connectivity index (χ1n) is 5.64. The highest BCUT2D eigenvalue weighted by Gasteiger charge is 2.19. The molecule has 1 aromatic carbocycles. The van der Waals surface area contributed by atoms with Gasteiger partial charge in [-0.25, -0.2) is 0 Å². The lowest BCUT2D eigenvalue weighted by Gasteiger charge is -2.22. The average molecular weight is 283 g/mol. The van der Waals surface area contributed by atoms with E-state index < -0.39 is 4.92 Å². The van der Waals surface area contributed by atoms with Crippen LogP contribution in [0.4, 0.5) is 11.4 Å². The molecule has 0 heterocycles. The lowest BCUT2D eigenvalue weighted by atomic mass is 10.1. The van der Waals surface area contributed by atoms with Gasteiger partial charge in [-0.2, -0.15) is 11.8 Å². The fourth-order valence-corrected chi connectivity index (χ4v) is 1.53. The van der Waals surface area contributed by atoms with Gasteiger partial charge in [0.15, 0.2) is 0 Å². The predicted octanol–water partition coefficient (Wildman–Crippen LogP) is 2.05. The Labute approximate surface area is 115 Å². The predicted molar refractivity (Wildman–Crippen MR) is 77.4 cm³/mol. The van der Waals surface area contributed by atoms with Crippen LogP contribution < -0.4 is 11.1 Å². The van der Waals surface area contributed by atoms with Gasteiger partial charge in [0.1, 0.15) is 5.69 Å². The molecular formula is C12H17N3O3S. The normalized spacial score (nSPS) is 11.1. The van der Waals surface area contributed by atoms with Gasteiger partial charge < -0.3 is 11.1 Å². The third-order valence-electron chi connectivity index (χ3n) is 2.72. The quantitative estimate of drug-likeness (QED) is 0.489. The second kappa shape index (κ2) is 5.92. The summed E-state index contributed by atoms with van der Waals surface area (Å²) in [6.45, 7) is 4.48. The van der Waals surface area contributed by atoms with Crippen molar-refractivity contribution in [2.75, 3.05) is 18.5 Å². The number of benzene rings is 1. The van der Waals surface area contributed by atoms with Crippen molar-refractivity contribution in [2.24, 2.45) is 0 Å². The number of carbonyl (C=O) groups is 1. The number of thioether (sulfide) groups is 1. The minimum Gasteiger partial charge on any atom is -0.393 e. The first-order valence-corrected chi connectivity index (χ1v) is 6.86. The van der Waals surface area contributed by atoms with Crippen LogP contribution in [-0.2, 0) is 0 Å². The van der Waals surface area contributed by atoms with Crippen LogP contribution in [0.25, 0.3) is 0 Å². The Morgan fingerprint density at radius 3 is 2.68 bits per heavy atom. The van der Waals surface area contributed by atoms with E-state index in [0.29, 0.717) is 6.54 Å². The molecule has 0 saturated heterocycles. The summed E-state index contributed by atoms with van der Waals surface area (Å²) < 4.78 is -0.0879. The Bertz CT molecular complexity index is 503. The molecule has 1 aromatic rings. The number of hydrogen-bond donors (Lipinski definition) is 2. The molecule has 0 fully saturated rings. The van der Waals surface area contributed by atoms with Crippen molar-refractivity contribution >= 4 is 29.0 Å². The second-order valence-electron chi connectivity index (χ2n) is 4.68. The topological polar surface area (TPSA) is 98.3 Å². The van der Waals surface area contributed by atoms with Gasteiger partial charge in [-0.15, -0.1) is 0 Å². The van der Waals surface area contributed by atoms with E-state index in [9.17, 15) is 14.9 Å². The number of nitrogens with one attached hydrogen (secondary N) is 1. The van der Waals surface area contributed by atoms with Crippen LogP contribution >= 0.6 is 11.8 Å². The number of rotatable bonds is 5. The van der Waals surface area contributed by atoms with Crippen LogP contribution in [0.2, 0.25) is 0 Å². The first-order chi connectivity index (χ1) is 8.76. The second-order valence-corrected chi connectivity index (χ2v) is 6.19. The van der Waals surface area contributed by atoms with Gasteiger partial charge in [0.25, 0.3) is 11.6 Å². The number of nitrogen functional groups attached to an aromatic ring is 1. The van der Waals surface area contributed by atoms with Crippen molar-refractivity contribution in [1.82, 2.24) is 5.32 Å². The van der Waals surface area contributed by atoms with Crippen LogP contribution in [0.3, 0.4) is 0 Å². The van der Waals surface area contributed by atoms with Crippen molar-refractivity contribution in [3.63, 3.8) is 0 Å². The van der Waals surface area contributed by atoms with Crippen LogP contribution in [-0.4, -0.2) is 28.4 Å². The summed E-state index contributed by atoms with van der Waals surface area (Å²) >= 11 is 1.63. The van der Waals surface area contributed by atoms with Crippen LogP contribution in [0, 0.1) is 10.1 Å². The molecule has 0 aliphatic heterocycles. The number of amides is 1. The molecule has 19 heavy (non-hydrogen) atoms. The van der Waals surface area contributed by atoms with Gasteiger partial charge in [-0.1, -0.05) is 0 Å². The molecule has 0 bridgehead atoms. The van der Waals surface area contributed by atoms with Gasteiger partial charge in [0.05, 0.1) is 4.92 Å². The maximum absolute atomic E-state index is 11.9. The van der Waals surface area contributed by atoms with E-state index in [0.717, 1.165) is 0 Å². The molecule has 6 nitrogen and oxygen atoms in total. The molecule has 3 N–H and O–H groups in total. The Morgan fingerprint density at radius 1 is 1.53 bits per heavy atom. The number of nitro benzene ring substituents is 1. The molecule has 0 aliphatic carbocycles. The summed E-state index contributed by atoms with van der Waals surface area (Å²) in [6.07, 6.45) is 1.96. The van der Waals surface area contributed by atoms with Crippen molar-refractivity contribution < 1.29 is 9.72 Å². The molecule has 104 valence electrons. The van der Waals surface area contributed by atoms with E-state index in [1.54, 1.807) is 11.8 Å². The van der Waals surface area contributed by atoms with Crippen molar-refractivity contribution in [3.8, 4) is 0 Å². The Morgan fingerprint density at radius 2 is 2.16 bits per heavy atom. The number of hydrogen-bond acceptors (Lipinski definition) is 5. The molecule has 0 spiro atoms. The summed E-state index contributed by atoms with van der Waals surface area (Å²) in [5, 5.41) is 13.5. The van der Waals surface area contributed by atoms with Crippen molar-refractivity contribution in [2.45, 2.75) is 18.6 Å². The number of nitrogens with zero attached hydrogens (tertiary/aromatic N) is 1. The van der Waals surface area contributed by atoms with E-state index in [1.807, 2.05) is 20.1 Å². The van der Waals surface area contributed by atoms with Gasteiger partial charge >= 0.3 is 0 Å². The molecule has 0 unspecified atom stereocenters. The summed E-state index contributed by atoms with van der Waals surface area (Å²) in [6, 6.07) is 4.03. The Hall–Kier alpha value is -1.76. The molecule has 0 atom stereocenters. The van der Waals surface area contributed by atoms with E-state index in [-0.39, 0.29) is 27.6 Å². The molecule has 1 amide bonds. The van der Waals surface area contributed by atoms with Gasteiger partial charge in [0.2, 0.25) is 0 Å². The first kappa shape index (κ1) is 15.3. The molecule has 1 rings (SSSR count). The third kappa shape index (κ3) is 4.13. The maximum atomic E-state index is 11.9.